The molecule has 3 heteroatoms. The van der Waals surface area contributed by atoms with Crippen molar-refractivity contribution in [3.05, 3.63) is 35.7 Å². The second-order valence-corrected chi connectivity index (χ2v) is 2.26. The molecule has 0 spiro atoms. The third-order valence-electron chi connectivity index (χ3n) is 1.33. The largest absolute Gasteiger partial charge is 0.327 e. The minimum atomic E-state index is 0.497. The van der Waals surface area contributed by atoms with E-state index in [0.29, 0.717) is 12.1 Å². The van der Waals surface area contributed by atoms with E-state index in [1.54, 1.807) is 12.3 Å². The van der Waals surface area contributed by atoms with Crippen molar-refractivity contribution in [2.45, 2.75) is 0 Å². The van der Waals surface area contributed by atoms with E-state index >= 15 is 0 Å². The molecule has 2 N–H and O–H groups in total. The fourth-order valence-corrected chi connectivity index (χ4v) is 0.814. The summed E-state index contributed by atoms with van der Waals surface area (Å²) in [6.45, 7) is 0.497. The van der Waals surface area contributed by atoms with Crippen LogP contribution in [-0.2, 0) is 0 Å². The zero-order chi connectivity index (χ0) is 8.81. The van der Waals surface area contributed by atoms with Crippen molar-refractivity contribution < 1.29 is 0 Å². The summed E-state index contributed by atoms with van der Waals surface area (Å²) >= 11 is 0. The van der Waals surface area contributed by atoms with Gasteiger partial charge in [-0.15, -0.1) is 0 Å². The molecule has 0 aliphatic heterocycles. The Balaban J connectivity index is 2.88. The number of hydrogen-bond donors (Lipinski definition) is 1. The number of nitrogens with two attached hydrogens (primary N) is 1. The van der Waals surface area contributed by atoms with Gasteiger partial charge in [-0.3, -0.25) is 4.98 Å². The van der Waals surface area contributed by atoms with E-state index < -0.39 is 0 Å². The second-order valence-electron chi connectivity index (χ2n) is 2.26. The molecule has 0 saturated carbocycles. The average molecular weight is 159 g/mol. The first-order valence-electron chi connectivity index (χ1n) is 3.58. The number of aromatic nitrogens is 1. The van der Waals surface area contributed by atoms with Crippen LogP contribution >= 0.6 is 0 Å². The van der Waals surface area contributed by atoms with Gasteiger partial charge in [0.1, 0.15) is 6.07 Å². The molecule has 0 atom stereocenters. The third kappa shape index (κ3) is 2.19. The zero-order valence-electron chi connectivity index (χ0n) is 6.57. The Morgan fingerprint density at radius 3 is 3.08 bits per heavy atom. The summed E-state index contributed by atoms with van der Waals surface area (Å²) in [5, 5.41) is 8.55. The van der Waals surface area contributed by atoms with Crippen molar-refractivity contribution in [1.29, 1.82) is 5.26 Å². The summed E-state index contributed by atoms with van der Waals surface area (Å²) in [6.07, 6.45) is 6.87. The number of nitrogens with zero attached hydrogens (tertiary/aromatic N) is 2. The van der Waals surface area contributed by atoms with E-state index in [2.05, 4.69) is 4.98 Å². The molecule has 0 amide bonds. The summed E-state index contributed by atoms with van der Waals surface area (Å²) in [5.74, 6) is 0. The van der Waals surface area contributed by atoms with Crippen molar-refractivity contribution in [1.82, 2.24) is 4.98 Å². The Hall–Kier alpha value is -1.66. The van der Waals surface area contributed by atoms with Gasteiger partial charge in [0.25, 0.3) is 0 Å². The normalized spacial score (nSPS) is 10.0. The van der Waals surface area contributed by atoms with Gasteiger partial charge in [0.05, 0.1) is 5.56 Å². The highest BCUT2D eigenvalue weighted by Crippen LogP contribution is 2.02. The van der Waals surface area contributed by atoms with Crippen molar-refractivity contribution >= 4 is 6.08 Å². The van der Waals surface area contributed by atoms with Gasteiger partial charge in [-0.2, -0.15) is 5.26 Å². The molecule has 1 heterocycles. The van der Waals surface area contributed by atoms with E-state index in [0.717, 1.165) is 5.56 Å². The van der Waals surface area contributed by atoms with Crippen LogP contribution in [0.5, 0.6) is 0 Å². The summed E-state index contributed by atoms with van der Waals surface area (Å²) in [5.41, 5.74) is 6.74. The third-order valence-corrected chi connectivity index (χ3v) is 1.33. The molecule has 0 bridgehead atoms. The number of rotatable bonds is 2. The Kier molecular flexibility index (Phi) is 3.00. The molecule has 12 heavy (non-hydrogen) atoms. The van der Waals surface area contributed by atoms with Gasteiger partial charge in [0.2, 0.25) is 0 Å². The lowest BCUT2D eigenvalue weighted by Gasteiger charge is -1.91. The van der Waals surface area contributed by atoms with Crippen LogP contribution in [0.1, 0.15) is 11.1 Å². The lowest BCUT2D eigenvalue weighted by atomic mass is 10.2. The second kappa shape index (κ2) is 4.27. The van der Waals surface area contributed by atoms with Crippen molar-refractivity contribution in [2.24, 2.45) is 5.73 Å². The highest BCUT2D eigenvalue weighted by molar-refractivity contribution is 5.50. The molecule has 1 rings (SSSR count). The Morgan fingerprint density at radius 2 is 2.42 bits per heavy atom. The first kappa shape index (κ1) is 8.44. The molecular formula is C9H9N3. The topological polar surface area (TPSA) is 62.7 Å². The van der Waals surface area contributed by atoms with Crippen LogP contribution in [0.4, 0.5) is 0 Å². The predicted octanol–water partition coefficient (Wildman–Crippen LogP) is 0.925. The molecule has 0 fully saturated rings. The van der Waals surface area contributed by atoms with Crippen molar-refractivity contribution in [3.8, 4) is 6.07 Å². The predicted molar refractivity (Wildman–Crippen MR) is 47.0 cm³/mol. The van der Waals surface area contributed by atoms with Crippen LogP contribution in [0.15, 0.2) is 24.5 Å². The van der Waals surface area contributed by atoms with E-state index in [9.17, 15) is 0 Å². The van der Waals surface area contributed by atoms with Crippen molar-refractivity contribution in [3.63, 3.8) is 0 Å². The van der Waals surface area contributed by atoms with E-state index in [1.165, 1.54) is 6.20 Å². The summed E-state index contributed by atoms with van der Waals surface area (Å²) in [6, 6.07) is 3.78. The lowest BCUT2D eigenvalue weighted by Crippen LogP contribution is -1.92. The van der Waals surface area contributed by atoms with Gasteiger partial charge < -0.3 is 5.73 Å². The molecule has 0 unspecified atom stereocenters. The average Bonchev–Trinajstić information content (AvgIpc) is 2.15. The van der Waals surface area contributed by atoms with E-state index in [-0.39, 0.29) is 0 Å². The smallest absolute Gasteiger partial charge is 0.101 e. The maximum atomic E-state index is 8.55. The maximum absolute atomic E-state index is 8.55. The highest BCUT2D eigenvalue weighted by Gasteiger charge is 1.90. The molecule has 0 aromatic carbocycles. The fourth-order valence-electron chi connectivity index (χ4n) is 0.814. The molecule has 1 aromatic rings. The standard InChI is InChI=1S/C9H9N3/c10-3-1-2-8-4-9(5-11)7-12-6-8/h1-2,4,6-7H,3,10H2. The summed E-state index contributed by atoms with van der Waals surface area (Å²) < 4.78 is 0. The van der Waals surface area contributed by atoms with Gasteiger partial charge in [0.15, 0.2) is 0 Å². The number of nitriles is 1. The molecule has 3 nitrogen and oxygen atoms in total. The minimum absolute atomic E-state index is 0.497. The SMILES string of the molecule is N#Cc1cncc(C=CCN)c1. The minimum Gasteiger partial charge on any atom is -0.327 e. The zero-order valence-corrected chi connectivity index (χ0v) is 6.57. The van der Waals surface area contributed by atoms with Gasteiger partial charge in [-0.25, -0.2) is 0 Å². The molecule has 60 valence electrons. The summed E-state index contributed by atoms with van der Waals surface area (Å²) in [7, 11) is 0. The highest BCUT2D eigenvalue weighted by atomic mass is 14.6. The van der Waals surface area contributed by atoms with Crippen LogP contribution in [0, 0.1) is 11.3 Å². The summed E-state index contributed by atoms with van der Waals surface area (Å²) in [4.78, 5) is 3.89. The van der Waals surface area contributed by atoms with Crippen LogP contribution in [0.2, 0.25) is 0 Å². The van der Waals surface area contributed by atoms with E-state index in [1.807, 2.05) is 18.2 Å². The molecular weight excluding hydrogens is 150 g/mol. The molecule has 1 aromatic heterocycles. The van der Waals surface area contributed by atoms with Crippen LogP contribution in [-0.4, -0.2) is 11.5 Å². The molecule has 0 radical (unpaired) electrons. The molecule has 0 saturated heterocycles. The first-order valence-corrected chi connectivity index (χ1v) is 3.58. The maximum Gasteiger partial charge on any atom is 0.101 e. The van der Waals surface area contributed by atoms with Crippen LogP contribution in [0.25, 0.3) is 6.08 Å². The Labute approximate surface area is 71.2 Å². The molecule has 0 aliphatic rings. The monoisotopic (exact) mass is 159 g/mol. The van der Waals surface area contributed by atoms with Gasteiger partial charge in [-0.05, 0) is 11.6 Å². The van der Waals surface area contributed by atoms with Gasteiger partial charge in [0, 0.05) is 18.9 Å². The lowest BCUT2D eigenvalue weighted by molar-refractivity contribution is 1.25. The number of hydrogen-bond acceptors (Lipinski definition) is 3. The van der Waals surface area contributed by atoms with Crippen LogP contribution < -0.4 is 5.73 Å². The number of pyridine rings is 1. The van der Waals surface area contributed by atoms with E-state index in [4.69, 9.17) is 11.0 Å². The quantitative estimate of drug-likeness (QED) is 0.698. The van der Waals surface area contributed by atoms with Gasteiger partial charge in [-0.1, -0.05) is 12.2 Å². The fraction of sp³-hybridized carbons (Fsp3) is 0.111. The van der Waals surface area contributed by atoms with Crippen LogP contribution in [0.3, 0.4) is 0 Å². The Bertz CT molecular complexity index is 323. The van der Waals surface area contributed by atoms with Gasteiger partial charge >= 0.3 is 0 Å². The van der Waals surface area contributed by atoms with Crippen molar-refractivity contribution in [2.75, 3.05) is 6.54 Å². The molecule has 0 aliphatic carbocycles. The Morgan fingerprint density at radius 1 is 1.58 bits per heavy atom. The first-order chi connectivity index (χ1) is 5.86.